The fourth-order valence-electron chi connectivity index (χ4n) is 4.36. The van der Waals surface area contributed by atoms with Gasteiger partial charge >= 0.3 is 5.97 Å². The molecule has 1 saturated carbocycles. The summed E-state index contributed by atoms with van der Waals surface area (Å²) in [5, 5.41) is 14.8. The first kappa shape index (κ1) is 17.6. The molecule has 3 heterocycles. The van der Waals surface area contributed by atoms with Crippen LogP contribution in [0.5, 0.6) is 0 Å². The maximum absolute atomic E-state index is 11.2. The van der Waals surface area contributed by atoms with E-state index in [0.717, 1.165) is 40.6 Å². The van der Waals surface area contributed by atoms with Gasteiger partial charge in [-0.25, -0.2) is 4.98 Å². The van der Waals surface area contributed by atoms with Crippen molar-refractivity contribution in [1.82, 2.24) is 19.6 Å². The zero-order chi connectivity index (χ0) is 20.0. The molecule has 0 saturated heterocycles. The number of carboxylic acid groups (broad SMARTS) is 1. The molecule has 4 aromatic rings. The lowest BCUT2D eigenvalue weighted by Crippen LogP contribution is -2.21. The predicted octanol–water partition coefficient (Wildman–Crippen LogP) is 3.89. The van der Waals surface area contributed by atoms with Crippen LogP contribution in [0.1, 0.15) is 37.3 Å². The number of aliphatic carboxylic acids is 1. The summed E-state index contributed by atoms with van der Waals surface area (Å²) in [4.78, 5) is 20.7. The van der Waals surface area contributed by atoms with Gasteiger partial charge in [-0.05, 0) is 31.7 Å². The number of carbonyl (C=O) groups is 1. The van der Waals surface area contributed by atoms with Gasteiger partial charge in [0.05, 0.1) is 17.6 Å². The molecule has 29 heavy (non-hydrogen) atoms. The van der Waals surface area contributed by atoms with Crippen molar-refractivity contribution < 1.29 is 9.90 Å². The first-order chi connectivity index (χ1) is 14.1. The molecule has 3 N–H and O–H groups in total. The summed E-state index contributed by atoms with van der Waals surface area (Å²) >= 11 is 0. The summed E-state index contributed by atoms with van der Waals surface area (Å²) in [5.74, 6) is -0.205. The molecule has 0 atom stereocenters. The van der Waals surface area contributed by atoms with E-state index in [1.807, 2.05) is 36.4 Å². The average molecular weight is 387 g/mol. The van der Waals surface area contributed by atoms with Crippen LogP contribution in [-0.4, -0.2) is 30.7 Å². The summed E-state index contributed by atoms with van der Waals surface area (Å²) < 4.78 is 1.66. The van der Waals surface area contributed by atoms with Crippen LogP contribution in [0.15, 0.2) is 48.8 Å². The molecule has 0 radical (unpaired) electrons. The molecule has 146 valence electrons. The van der Waals surface area contributed by atoms with E-state index in [4.69, 9.17) is 10.7 Å². The fourth-order valence-corrected chi connectivity index (χ4v) is 4.36. The van der Waals surface area contributed by atoms with Gasteiger partial charge in [0, 0.05) is 40.4 Å². The van der Waals surface area contributed by atoms with Crippen LogP contribution in [0.2, 0.25) is 0 Å². The zero-order valence-corrected chi connectivity index (χ0v) is 15.8. The van der Waals surface area contributed by atoms with Gasteiger partial charge in [0.1, 0.15) is 5.82 Å². The van der Waals surface area contributed by atoms with Crippen molar-refractivity contribution in [3.05, 3.63) is 54.5 Å². The average Bonchev–Trinajstić information content (AvgIpc) is 3.18. The van der Waals surface area contributed by atoms with E-state index in [1.165, 1.54) is 0 Å². The fraction of sp³-hybridized carbons (Fsp3) is 0.273. The number of nitrogen functional groups attached to an aromatic ring is 1. The molecule has 3 aromatic heterocycles. The molecule has 1 fully saturated rings. The van der Waals surface area contributed by atoms with Crippen molar-refractivity contribution in [2.45, 2.75) is 31.6 Å². The minimum absolute atomic E-state index is 0.214. The quantitative estimate of drug-likeness (QED) is 0.552. The lowest BCUT2D eigenvalue weighted by atomic mass is 9.80. The molecule has 0 bridgehead atoms. The van der Waals surface area contributed by atoms with Crippen molar-refractivity contribution in [1.29, 1.82) is 0 Å². The van der Waals surface area contributed by atoms with Crippen LogP contribution >= 0.6 is 0 Å². The normalized spacial score (nSPS) is 19.6. The number of para-hydroxylation sites is 1. The van der Waals surface area contributed by atoms with Gasteiger partial charge in [-0.15, -0.1) is 0 Å². The van der Waals surface area contributed by atoms with Gasteiger partial charge in [0.25, 0.3) is 0 Å². The Kier molecular flexibility index (Phi) is 4.16. The number of aromatic nitrogens is 4. The maximum Gasteiger partial charge on any atom is 0.306 e. The van der Waals surface area contributed by atoms with Crippen LogP contribution in [0.4, 0.5) is 5.82 Å². The number of benzene rings is 1. The molecule has 0 aliphatic heterocycles. The van der Waals surface area contributed by atoms with Gasteiger partial charge < -0.3 is 10.8 Å². The van der Waals surface area contributed by atoms with Crippen molar-refractivity contribution in [3.63, 3.8) is 0 Å². The maximum atomic E-state index is 11.2. The second kappa shape index (κ2) is 6.84. The number of hydrogen-bond donors (Lipinski definition) is 2. The first-order valence-corrected chi connectivity index (χ1v) is 9.83. The van der Waals surface area contributed by atoms with E-state index in [2.05, 4.69) is 10.1 Å². The Hall–Kier alpha value is -3.48. The number of pyridine rings is 1. The van der Waals surface area contributed by atoms with Gasteiger partial charge in [0.15, 0.2) is 5.65 Å². The van der Waals surface area contributed by atoms with E-state index < -0.39 is 5.97 Å². The Morgan fingerprint density at radius 1 is 1.10 bits per heavy atom. The molecule has 5 rings (SSSR count). The standard InChI is InChI=1S/C22H21N5O2/c23-19-11-18(13-6-8-15(9-7-13)22(28)29)26-21-17(12-25-27(19)21)16-5-1-3-14-4-2-10-24-20(14)16/h1-5,10-13,15H,6-9,23H2,(H,28,29). The van der Waals surface area contributed by atoms with Crippen molar-refractivity contribution in [2.75, 3.05) is 5.73 Å². The molecule has 1 aliphatic carbocycles. The summed E-state index contributed by atoms with van der Waals surface area (Å²) in [5.41, 5.74) is 10.7. The molecule has 0 spiro atoms. The van der Waals surface area contributed by atoms with Gasteiger partial charge in [-0.3, -0.25) is 9.78 Å². The van der Waals surface area contributed by atoms with E-state index in [-0.39, 0.29) is 11.8 Å². The van der Waals surface area contributed by atoms with E-state index >= 15 is 0 Å². The topological polar surface area (TPSA) is 106 Å². The smallest absolute Gasteiger partial charge is 0.306 e. The number of nitrogens with two attached hydrogens (primary N) is 1. The van der Waals surface area contributed by atoms with Gasteiger partial charge in [0.2, 0.25) is 0 Å². The van der Waals surface area contributed by atoms with Crippen LogP contribution in [0.25, 0.3) is 27.7 Å². The minimum atomic E-state index is -0.701. The van der Waals surface area contributed by atoms with Crippen molar-refractivity contribution in [2.24, 2.45) is 5.92 Å². The first-order valence-electron chi connectivity index (χ1n) is 9.83. The summed E-state index contributed by atoms with van der Waals surface area (Å²) in [7, 11) is 0. The summed E-state index contributed by atoms with van der Waals surface area (Å²) in [6.45, 7) is 0. The third kappa shape index (κ3) is 2.99. The van der Waals surface area contributed by atoms with Crippen LogP contribution in [0, 0.1) is 5.92 Å². The van der Waals surface area contributed by atoms with Crippen LogP contribution < -0.4 is 5.73 Å². The van der Waals surface area contributed by atoms with Gasteiger partial charge in [-0.2, -0.15) is 9.61 Å². The number of hydrogen-bond acceptors (Lipinski definition) is 5. The van der Waals surface area contributed by atoms with E-state index in [1.54, 1.807) is 16.9 Å². The second-order valence-corrected chi connectivity index (χ2v) is 7.67. The Labute approximate surface area is 167 Å². The highest BCUT2D eigenvalue weighted by Crippen LogP contribution is 2.37. The number of rotatable bonds is 3. The highest BCUT2D eigenvalue weighted by Gasteiger charge is 2.28. The molecule has 7 nitrogen and oxygen atoms in total. The molecule has 1 aromatic carbocycles. The Bertz CT molecular complexity index is 1220. The van der Waals surface area contributed by atoms with E-state index in [0.29, 0.717) is 24.3 Å². The summed E-state index contributed by atoms with van der Waals surface area (Å²) in [6, 6.07) is 11.9. The molecule has 0 amide bonds. The van der Waals surface area contributed by atoms with Crippen molar-refractivity contribution >= 4 is 28.3 Å². The molecule has 7 heteroatoms. The minimum Gasteiger partial charge on any atom is -0.481 e. The third-order valence-electron chi connectivity index (χ3n) is 5.94. The second-order valence-electron chi connectivity index (χ2n) is 7.67. The summed E-state index contributed by atoms with van der Waals surface area (Å²) in [6.07, 6.45) is 6.52. The Morgan fingerprint density at radius 3 is 2.69 bits per heavy atom. The molecule has 0 unspecified atom stereocenters. The lowest BCUT2D eigenvalue weighted by molar-refractivity contribution is -0.142. The molecule has 1 aliphatic rings. The number of fused-ring (bicyclic) bond motifs is 2. The molecular formula is C22H21N5O2. The predicted molar refractivity (Wildman–Crippen MR) is 110 cm³/mol. The SMILES string of the molecule is Nc1cc(C2CCC(C(=O)O)CC2)nc2c(-c3cccc4cccnc34)cnn12. The highest BCUT2D eigenvalue weighted by atomic mass is 16.4. The van der Waals surface area contributed by atoms with E-state index in [9.17, 15) is 9.90 Å². The Morgan fingerprint density at radius 2 is 1.90 bits per heavy atom. The largest absolute Gasteiger partial charge is 0.481 e. The zero-order valence-electron chi connectivity index (χ0n) is 15.8. The number of nitrogens with zero attached hydrogens (tertiary/aromatic N) is 4. The van der Waals surface area contributed by atoms with Crippen LogP contribution in [0.3, 0.4) is 0 Å². The van der Waals surface area contributed by atoms with Crippen LogP contribution in [-0.2, 0) is 4.79 Å². The molecular weight excluding hydrogens is 366 g/mol. The lowest BCUT2D eigenvalue weighted by Gasteiger charge is -2.25. The Balaban J connectivity index is 1.59. The number of anilines is 1. The number of carboxylic acids is 1. The third-order valence-corrected chi connectivity index (χ3v) is 5.94. The van der Waals surface area contributed by atoms with Crippen molar-refractivity contribution in [3.8, 4) is 11.1 Å². The van der Waals surface area contributed by atoms with Gasteiger partial charge in [-0.1, -0.05) is 24.3 Å². The monoisotopic (exact) mass is 387 g/mol. The highest BCUT2D eigenvalue weighted by molar-refractivity contribution is 5.97.